The van der Waals surface area contributed by atoms with Crippen LogP contribution in [0.5, 0.6) is 5.75 Å². The maximum Gasteiger partial charge on any atom is 0.256 e. The van der Waals surface area contributed by atoms with Gasteiger partial charge in [-0.3, -0.25) is 4.79 Å². The van der Waals surface area contributed by atoms with Crippen molar-refractivity contribution >= 4 is 37.8 Å². The number of amides is 1. The molecule has 1 fully saturated rings. The lowest BCUT2D eigenvalue weighted by atomic mass is 9.49. The molecule has 2 aromatic rings. The lowest BCUT2D eigenvalue weighted by molar-refractivity contribution is -0.199. The topological polar surface area (TPSA) is 66.2 Å². The molecule has 29 heavy (non-hydrogen) atoms. The van der Waals surface area contributed by atoms with E-state index in [1.165, 1.54) is 0 Å². The summed E-state index contributed by atoms with van der Waals surface area (Å²) in [5, 5.41) is 9.12. The van der Waals surface area contributed by atoms with Crippen molar-refractivity contribution in [2.45, 2.75) is 46.4 Å². The molecule has 7 heteroatoms. The molecule has 0 radical (unpaired) electrons. The van der Waals surface area contributed by atoms with E-state index in [-0.39, 0.29) is 28.9 Å². The summed E-state index contributed by atoms with van der Waals surface area (Å²) in [5.74, 6) is 0.743. The van der Waals surface area contributed by atoms with Crippen LogP contribution in [0.4, 0.5) is 0 Å². The Morgan fingerprint density at radius 3 is 2.48 bits per heavy atom. The van der Waals surface area contributed by atoms with Crippen molar-refractivity contribution < 1.29 is 9.53 Å². The second kappa shape index (κ2) is 6.82. The quantitative estimate of drug-likeness (QED) is 0.516. The second-order valence-electron chi connectivity index (χ2n) is 8.86. The first kappa shape index (κ1) is 20.4. The fourth-order valence-electron chi connectivity index (χ4n) is 5.40. The summed E-state index contributed by atoms with van der Waals surface area (Å²) >= 11 is 6.82. The molecule has 2 heterocycles. The van der Waals surface area contributed by atoms with Crippen molar-refractivity contribution in [3.05, 3.63) is 56.2 Å². The number of ether oxygens (including phenoxy) is 1. The molecule has 1 aromatic heterocycles. The number of pyridine rings is 1. The van der Waals surface area contributed by atoms with E-state index in [9.17, 15) is 4.79 Å². The van der Waals surface area contributed by atoms with E-state index < -0.39 is 0 Å². The van der Waals surface area contributed by atoms with Crippen LogP contribution in [0.3, 0.4) is 0 Å². The predicted octanol–water partition coefficient (Wildman–Crippen LogP) is 5.32. The Balaban J connectivity index is 1.60. The van der Waals surface area contributed by atoms with E-state index in [0.29, 0.717) is 27.9 Å². The molecule has 0 unspecified atom stereocenters. The Kier molecular flexibility index (Phi) is 4.79. The zero-order valence-corrected chi connectivity index (χ0v) is 19.8. The van der Waals surface area contributed by atoms with Gasteiger partial charge in [-0.25, -0.2) is 4.98 Å². The van der Waals surface area contributed by atoms with E-state index in [1.54, 1.807) is 6.07 Å². The van der Waals surface area contributed by atoms with Crippen molar-refractivity contribution in [2.75, 3.05) is 0 Å². The Morgan fingerprint density at radius 1 is 1.17 bits per heavy atom. The van der Waals surface area contributed by atoms with Gasteiger partial charge in [0, 0.05) is 21.3 Å². The normalized spacial score (nSPS) is 23.9. The SMILES string of the molecule is CC1(C)C(Oc2ccc(C#N)c(Br)c2)C(C)(C)C1N1Cc2nc(Br)ccc2C1=O. The van der Waals surface area contributed by atoms with E-state index in [1.807, 2.05) is 29.2 Å². The molecule has 5 nitrogen and oxygen atoms in total. The molecular weight excluding hydrogens is 498 g/mol. The molecular formula is C22H21Br2N3O2. The van der Waals surface area contributed by atoms with Crippen LogP contribution in [0, 0.1) is 22.2 Å². The molecule has 0 atom stereocenters. The molecule has 150 valence electrons. The van der Waals surface area contributed by atoms with Crippen LogP contribution in [0.1, 0.15) is 49.3 Å². The number of carbonyl (C=O) groups excluding carboxylic acids is 1. The number of rotatable bonds is 3. The van der Waals surface area contributed by atoms with Gasteiger partial charge in [-0.05, 0) is 62.2 Å². The highest BCUT2D eigenvalue weighted by Crippen LogP contribution is 2.59. The van der Waals surface area contributed by atoms with Crippen molar-refractivity contribution in [3.8, 4) is 11.8 Å². The van der Waals surface area contributed by atoms with Crippen LogP contribution >= 0.6 is 31.9 Å². The maximum absolute atomic E-state index is 13.1. The minimum absolute atomic E-state index is 0.0160. The number of hydrogen-bond acceptors (Lipinski definition) is 4. The van der Waals surface area contributed by atoms with Gasteiger partial charge in [0.2, 0.25) is 0 Å². The van der Waals surface area contributed by atoms with Gasteiger partial charge in [0.05, 0.1) is 23.4 Å². The third kappa shape index (κ3) is 3.08. The second-order valence-corrected chi connectivity index (χ2v) is 10.5. The number of carbonyl (C=O) groups is 1. The predicted molar refractivity (Wildman–Crippen MR) is 116 cm³/mol. The smallest absolute Gasteiger partial charge is 0.256 e. The first-order chi connectivity index (χ1) is 13.6. The molecule has 0 saturated heterocycles. The standard InChI is InChI=1S/C22H21Br2N3O2/c1-21(2)19(27-11-16-14(18(27)28)7-8-17(24)26-16)22(3,4)20(21)29-13-6-5-12(10-25)15(23)9-13/h5-9,19-20H,11H2,1-4H3. The molecule has 1 aliphatic carbocycles. The molecule has 1 aliphatic heterocycles. The van der Waals surface area contributed by atoms with Crippen molar-refractivity contribution in [3.63, 3.8) is 0 Å². The number of nitrogens with zero attached hydrogens (tertiary/aromatic N) is 3. The number of hydrogen-bond donors (Lipinski definition) is 0. The molecule has 1 aromatic carbocycles. The minimum Gasteiger partial charge on any atom is -0.489 e. The van der Waals surface area contributed by atoms with E-state index >= 15 is 0 Å². The fraction of sp³-hybridized carbons (Fsp3) is 0.409. The van der Waals surface area contributed by atoms with E-state index in [4.69, 9.17) is 10.00 Å². The van der Waals surface area contributed by atoms with Gasteiger partial charge in [-0.1, -0.05) is 27.7 Å². The van der Waals surface area contributed by atoms with Crippen LogP contribution in [0.2, 0.25) is 0 Å². The molecule has 0 N–H and O–H groups in total. The largest absolute Gasteiger partial charge is 0.489 e. The molecule has 0 spiro atoms. The number of nitriles is 1. The highest BCUT2D eigenvalue weighted by atomic mass is 79.9. The van der Waals surface area contributed by atoms with Crippen molar-refractivity contribution in [1.29, 1.82) is 5.26 Å². The van der Waals surface area contributed by atoms with Crippen molar-refractivity contribution in [1.82, 2.24) is 9.88 Å². The molecule has 0 bridgehead atoms. The zero-order valence-electron chi connectivity index (χ0n) is 16.7. The van der Waals surface area contributed by atoms with Crippen LogP contribution in [0.15, 0.2) is 39.4 Å². The third-order valence-electron chi connectivity index (χ3n) is 6.14. The number of halogens is 2. The van der Waals surface area contributed by atoms with Gasteiger partial charge in [0.15, 0.2) is 0 Å². The summed E-state index contributed by atoms with van der Waals surface area (Å²) in [5.41, 5.74) is 1.57. The third-order valence-corrected chi connectivity index (χ3v) is 7.24. The Bertz CT molecular complexity index is 1040. The van der Waals surface area contributed by atoms with Gasteiger partial charge in [0.25, 0.3) is 5.91 Å². The lowest BCUT2D eigenvalue weighted by Gasteiger charge is -2.65. The van der Waals surface area contributed by atoms with Gasteiger partial charge in [-0.2, -0.15) is 5.26 Å². The maximum atomic E-state index is 13.1. The van der Waals surface area contributed by atoms with Crippen LogP contribution in [-0.4, -0.2) is 27.9 Å². The highest BCUT2D eigenvalue weighted by Gasteiger charge is 2.67. The summed E-state index contributed by atoms with van der Waals surface area (Å²) in [4.78, 5) is 19.5. The van der Waals surface area contributed by atoms with Crippen LogP contribution in [0.25, 0.3) is 0 Å². The Labute approximate surface area is 187 Å². The molecule has 2 aliphatic rings. The Morgan fingerprint density at radius 2 is 1.86 bits per heavy atom. The zero-order chi connectivity index (χ0) is 21.1. The summed E-state index contributed by atoms with van der Waals surface area (Å²) < 4.78 is 7.84. The van der Waals surface area contributed by atoms with E-state index in [0.717, 1.165) is 10.3 Å². The highest BCUT2D eigenvalue weighted by molar-refractivity contribution is 9.10. The number of aromatic nitrogens is 1. The summed E-state index contributed by atoms with van der Waals surface area (Å²) in [6.07, 6.45) is -0.0870. The number of fused-ring (bicyclic) bond motifs is 1. The minimum atomic E-state index is -0.251. The average molecular weight is 519 g/mol. The summed E-state index contributed by atoms with van der Waals surface area (Å²) in [7, 11) is 0. The average Bonchev–Trinajstić information content (AvgIpc) is 2.94. The summed E-state index contributed by atoms with van der Waals surface area (Å²) in [6, 6.07) is 11.2. The molecule has 4 rings (SSSR count). The summed E-state index contributed by atoms with van der Waals surface area (Å²) in [6.45, 7) is 9.09. The number of benzene rings is 1. The van der Waals surface area contributed by atoms with Crippen molar-refractivity contribution in [2.24, 2.45) is 10.8 Å². The van der Waals surface area contributed by atoms with E-state index in [2.05, 4.69) is 70.6 Å². The first-order valence-electron chi connectivity index (χ1n) is 9.40. The van der Waals surface area contributed by atoms with Crippen LogP contribution < -0.4 is 4.74 Å². The van der Waals surface area contributed by atoms with Gasteiger partial charge in [-0.15, -0.1) is 0 Å². The van der Waals surface area contributed by atoms with Gasteiger partial charge >= 0.3 is 0 Å². The van der Waals surface area contributed by atoms with Crippen LogP contribution in [-0.2, 0) is 6.54 Å². The monoisotopic (exact) mass is 517 g/mol. The fourth-order valence-corrected chi connectivity index (χ4v) is 6.19. The lowest BCUT2D eigenvalue weighted by Crippen LogP contribution is -2.74. The molecule has 1 saturated carbocycles. The van der Waals surface area contributed by atoms with Gasteiger partial charge in [0.1, 0.15) is 22.5 Å². The first-order valence-corrected chi connectivity index (χ1v) is 11.0. The molecule has 1 amide bonds. The Hall–Kier alpha value is -1.91. The van der Waals surface area contributed by atoms with Gasteiger partial charge < -0.3 is 9.64 Å².